The Hall–Kier alpha value is -1.17. The Bertz CT molecular complexity index is 536. The predicted molar refractivity (Wildman–Crippen MR) is 69.0 cm³/mol. The summed E-state index contributed by atoms with van der Waals surface area (Å²) in [5.74, 6) is 0.842. The van der Waals surface area contributed by atoms with Crippen LogP contribution < -0.4 is 0 Å². The molecule has 3 heterocycles. The molecule has 2 aromatic rings. The number of rotatable bonds is 3. The largest absolute Gasteiger partial charge is 0.379 e. The third-order valence-corrected chi connectivity index (χ3v) is 3.41. The molecule has 1 aliphatic rings. The first kappa shape index (κ1) is 11.9. The van der Waals surface area contributed by atoms with Gasteiger partial charge >= 0.3 is 0 Å². The van der Waals surface area contributed by atoms with Crippen LogP contribution in [0.3, 0.4) is 0 Å². The van der Waals surface area contributed by atoms with Gasteiger partial charge in [-0.1, -0.05) is 11.6 Å². The molecule has 0 aliphatic carbocycles. The fourth-order valence-electron chi connectivity index (χ4n) is 2.11. The molecule has 0 amide bonds. The van der Waals surface area contributed by atoms with Gasteiger partial charge in [-0.05, 0) is 12.1 Å². The maximum Gasteiger partial charge on any atom is 0.174 e. The minimum Gasteiger partial charge on any atom is -0.379 e. The molecule has 0 bridgehead atoms. The standard InChI is InChI=1S/C12H15ClN4O/c13-10-2-1-4-17-12(10)14-11(15-17)3-5-16-6-8-18-9-7-16/h1-2,4H,3,5-9H2. The second-order valence-electron chi connectivity index (χ2n) is 4.36. The van der Waals surface area contributed by atoms with E-state index in [-0.39, 0.29) is 0 Å². The highest BCUT2D eigenvalue weighted by Crippen LogP contribution is 2.14. The summed E-state index contributed by atoms with van der Waals surface area (Å²) in [5, 5.41) is 5.06. The van der Waals surface area contributed by atoms with Gasteiger partial charge in [-0.15, -0.1) is 0 Å². The second-order valence-corrected chi connectivity index (χ2v) is 4.76. The number of hydrogen-bond donors (Lipinski definition) is 0. The molecule has 1 aliphatic heterocycles. The normalized spacial score (nSPS) is 17.4. The number of hydrogen-bond acceptors (Lipinski definition) is 4. The number of fused-ring (bicyclic) bond motifs is 1. The lowest BCUT2D eigenvalue weighted by molar-refractivity contribution is 0.0382. The van der Waals surface area contributed by atoms with Crippen molar-refractivity contribution in [2.75, 3.05) is 32.8 Å². The van der Waals surface area contributed by atoms with Gasteiger partial charge in [-0.25, -0.2) is 9.50 Å². The van der Waals surface area contributed by atoms with Crippen molar-refractivity contribution < 1.29 is 4.74 Å². The molecule has 0 spiro atoms. The van der Waals surface area contributed by atoms with Crippen LogP contribution in [-0.2, 0) is 11.2 Å². The van der Waals surface area contributed by atoms with Crippen molar-refractivity contribution in [3.05, 3.63) is 29.2 Å². The smallest absolute Gasteiger partial charge is 0.174 e. The molecule has 0 aromatic carbocycles. The molecule has 0 unspecified atom stereocenters. The Morgan fingerprint density at radius 2 is 2.17 bits per heavy atom. The molecule has 0 saturated carbocycles. The predicted octanol–water partition coefficient (Wildman–Crippen LogP) is 1.26. The van der Waals surface area contributed by atoms with Gasteiger partial charge in [0.15, 0.2) is 11.5 Å². The Kier molecular flexibility index (Phi) is 3.45. The number of aromatic nitrogens is 3. The van der Waals surface area contributed by atoms with Crippen molar-refractivity contribution >= 4 is 17.2 Å². The van der Waals surface area contributed by atoms with E-state index in [2.05, 4.69) is 15.0 Å². The average molecular weight is 267 g/mol. The van der Waals surface area contributed by atoms with Crippen LogP contribution >= 0.6 is 11.6 Å². The van der Waals surface area contributed by atoms with E-state index in [4.69, 9.17) is 16.3 Å². The van der Waals surface area contributed by atoms with Crippen molar-refractivity contribution in [2.45, 2.75) is 6.42 Å². The molecule has 1 saturated heterocycles. The summed E-state index contributed by atoms with van der Waals surface area (Å²) in [6.45, 7) is 4.61. The van der Waals surface area contributed by atoms with Gasteiger partial charge in [0.25, 0.3) is 0 Å². The van der Waals surface area contributed by atoms with Gasteiger partial charge in [0, 0.05) is 32.3 Å². The Balaban J connectivity index is 1.69. The highest BCUT2D eigenvalue weighted by atomic mass is 35.5. The van der Waals surface area contributed by atoms with E-state index < -0.39 is 0 Å². The van der Waals surface area contributed by atoms with Gasteiger partial charge in [0.2, 0.25) is 0 Å². The van der Waals surface area contributed by atoms with E-state index >= 15 is 0 Å². The summed E-state index contributed by atoms with van der Waals surface area (Å²) < 4.78 is 7.05. The van der Waals surface area contributed by atoms with Crippen LogP contribution in [0.25, 0.3) is 5.65 Å². The molecule has 6 heteroatoms. The molecular weight excluding hydrogens is 252 g/mol. The van der Waals surface area contributed by atoms with E-state index in [1.54, 1.807) is 4.52 Å². The van der Waals surface area contributed by atoms with Crippen molar-refractivity contribution in [1.82, 2.24) is 19.5 Å². The number of ether oxygens (including phenoxy) is 1. The van der Waals surface area contributed by atoms with Crippen LogP contribution in [0.5, 0.6) is 0 Å². The Morgan fingerprint density at radius 1 is 1.33 bits per heavy atom. The minimum absolute atomic E-state index is 0.641. The van der Waals surface area contributed by atoms with Crippen molar-refractivity contribution in [3.8, 4) is 0 Å². The van der Waals surface area contributed by atoms with Gasteiger partial charge in [0.1, 0.15) is 0 Å². The summed E-state index contributed by atoms with van der Waals surface area (Å²) in [6, 6.07) is 3.70. The highest BCUT2D eigenvalue weighted by molar-refractivity contribution is 6.33. The highest BCUT2D eigenvalue weighted by Gasteiger charge is 2.12. The topological polar surface area (TPSA) is 42.7 Å². The van der Waals surface area contributed by atoms with Gasteiger partial charge in [-0.3, -0.25) is 4.90 Å². The van der Waals surface area contributed by atoms with Crippen LogP contribution in [0.1, 0.15) is 5.82 Å². The SMILES string of the molecule is Clc1cccn2nc(CCN3CCOCC3)nc12. The van der Waals surface area contributed by atoms with E-state index in [0.29, 0.717) is 5.02 Å². The molecule has 2 aromatic heterocycles. The number of morpholine rings is 1. The molecular formula is C12H15ClN4O. The summed E-state index contributed by atoms with van der Waals surface area (Å²) in [6.07, 6.45) is 2.71. The molecule has 3 rings (SSSR count). The fourth-order valence-corrected chi connectivity index (χ4v) is 2.31. The zero-order chi connectivity index (χ0) is 12.4. The van der Waals surface area contributed by atoms with E-state index in [1.165, 1.54) is 0 Å². The van der Waals surface area contributed by atoms with E-state index in [9.17, 15) is 0 Å². The van der Waals surface area contributed by atoms with E-state index in [0.717, 1.165) is 50.7 Å². The van der Waals surface area contributed by atoms with Gasteiger partial charge in [-0.2, -0.15) is 5.10 Å². The van der Waals surface area contributed by atoms with Gasteiger partial charge < -0.3 is 4.74 Å². The van der Waals surface area contributed by atoms with Crippen molar-refractivity contribution in [3.63, 3.8) is 0 Å². The van der Waals surface area contributed by atoms with Crippen LogP contribution in [-0.4, -0.2) is 52.3 Å². The maximum atomic E-state index is 6.07. The summed E-state index contributed by atoms with van der Waals surface area (Å²) in [7, 11) is 0. The van der Waals surface area contributed by atoms with E-state index in [1.807, 2.05) is 18.3 Å². The third-order valence-electron chi connectivity index (χ3n) is 3.11. The average Bonchev–Trinajstić information content (AvgIpc) is 2.82. The number of pyridine rings is 1. The summed E-state index contributed by atoms with van der Waals surface area (Å²) in [4.78, 5) is 6.83. The van der Waals surface area contributed by atoms with Crippen LogP contribution in [0.15, 0.2) is 18.3 Å². The first-order valence-electron chi connectivity index (χ1n) is 6.13. The first-order chi connectivity index (χ1) is 8.83. The van der Waals surface area contributed by atoms with Crippen LogP contribution in [0, 0.1) is 0 Å². The molecule has 0 radical (unpaired) electrons. The zero-order valence-corrected chi connectivity index (χ0v) is 10.8. The van der Waals surface area contributed by atoms with Gasteiger partial charge in [0.05, 0.1) is 18.2 Å². The Labute approximate surface area is 110 Å². The zero-order valence-electron chi connectivity index (χ0n) is 10.0. The second kappa shape index (κ2) is 5.22. The third kappa shape index (κ3) is 2.48. The lowest BCUT2D eigenvalue weighted by Gasteiger charge is -2.25. The number of nitrogens with zero attached hydrogens (tertiary/aromatic N) is 4. The monoisotopic (exact) mass is 266 g/mol. The quantitative estimate of drug-likeness (QED) is 0.839. The van der Waals surface area contributed by atoms with Crippen LogP contribution in [0.2, 0.25) is 5.02 Å². The minimum atomic E-state index is 0.641. The molecule has 0 atom stereocenters. The maximum absolute atomic E-state index is 6.07. The fraction of sp³-hybridized carbons (Fsp3) is 0.500. The molecule has 96 valence electrons. The Morgan fingerprint density at radius 3 is 2.94 bits per heavy atom. The number of halogens is 1. The van der Waals surface area contributed by atoms with Crippen molar-refractivity contribution in [2.24, 2.45) is 0 Å². The lowest BCUT2D eigenvalue weighted by atomic mass is 10.3. The molecule has 5 nitrogen and oxygen atoms in total. The molecule has 0 N–H and O–H groups in total. The first-order valence-corrected chi connectivity index (χ1v) is 6.50. The lowest BCUT2D eigenvalue weighted by Crippen LogP contribution is -2.37. The molecule has 18 heavy (non-hydrogen) atoms. The summed E-state index contributed by atoms with van der Waals surface area (Å²) in [5.41, 5.74) is 0.733. The van der Waals surface area contributed by atoms with Crippen molar-refractivity contribution in [1.29, 1.82) is 0 Å². The van der Waals surface area contributed by atoms with Crippen LogP contribution in [0.4, 0.5) is 0 Å². The molecule has 1 fully saturated rings. The summed E-state index contributed by atoms with van der Waals surface area (Å²) >= 11 is 6.07.